The first-order chi connectivity index (χ1) is 6.18. The lowest BCUT2D eigenvalue weighted by Crippen LogP contribution is -2.32. The molecule has 2 rings (SSSR count). The Bertz CT molecular complexity index is 344. The fourth-order valence-corrected chi connectivity index (χ4v) is 2.27. The Balaban J connectivity index is 2.21. The summed E-state index contributed by atoms with van der Waals surface area (Å²) in [4.78, 5) is 10.6. The van der Waals surface area contributed by atoms with E-state index in [1.807, 2.05) is 18.9 Å². The summed E-state index contributed by atoms with van der Waals surface area (Å²) in [5, 5.41) is 3.15. The van der Waals surface area contributed by atoms with E-state index in [2.05, 4.69) is 15.4 Å². The summed E-state index contributed by atoms with van der Waals surface area (Å²) in [6.07, 6.45) is 0. The van der Waals surface area contributed by atoms with Gasteiger partial charge in [-0.15, -0.1) is 11.3 Å². The Hall–Kier alpha value is -1.10. The molecule has 0 bridgehead atoms. The van der Waals surface area contributed by atoms with E-state index in [1.54, 1.807) is 11.3 Å². The molecule has 0 aromatic carbocycles. The second-order valence-corrected chi connectivity index (χ2v) is 4.04. The maximum absolute atomic E-state index is 5.67. The van der Waals surface area contributed by atoms with E-state index in [0.717, 1.165) is 17.2 Å². The Morgan fingerprint density at radius 2 is 2.46 bits per heavy atom. The molecule has 13 heavy (non-hydrogen) atoms. The van der Waals surface area contributed by atoms with Gasteiger partial charge in [0.1, 0.15) is 11.0 Å². The van der Waals surface area contributed by atoms with Gasteiger partial charge in [-0.1, -0.05) is 0 Å². The third-order valence-corrected chi connectivity index (χ3v) is 3.24. The lowest BCUT2D eigenvalue weighted by Gasteiger charge is -2.18. The molecule has 0 aliphatic carbocycles. The number of likely N-dealkylation sites (N-methyl/N-ethyl adjacent to an activating group) is 1. The average Bonchev–Trinajstić information content (AvgIpc) is 2.62. The number of guanidine groups is 1. The maximum Gasteiger partial charge on any atom is 0.191 e. The Labute approximate surface area is 81.1 Å². The second kappa shape index (κ2) is 2.99. The smallest absolute Gasteiger partial charge is 0.191 e. The van der Waals surface area contributed by atoms with Gasteiger partial charge in [0.2, 0.25) is 0 Å². The number of nitrogens with two attached hydrogens (primary N) is 1. The van der Waals surface area contributed by atoms with E-state index in [0.29, 0.717) is 5.96 Å². The van der Waals surface area contributed by atoms with Crippen LogP contribution >= 0.6 is 11.3 Å². The van der Waals surface area contributed by atoms with Crippen molar-refractivity contribution >= 4 is 17.3 Å². The first-order valence-electron chi connectivity index (χ1n) is 4.13. The normalized spacial score (nSPS) is 22.2. The fourth-order valence-electron chi connectivity index (χ4n) is 1.34. The molecule has 1 aliphatic heterocycles. The highest BCUT2D eigenvalue weighted by molar-refractivity contribution is 7.09. The van der Waals surface area contributed by atoms with E-state index in [1.165, 1.54) is 0 Å². The molecule has 1 aromatic heterocycles. The highest BCUT2D eigenvalue weighted by Crippen LogP contribution is 2.26. The van der Waals surface area contributed by atoms with Crippen LogP contribution in [-0.2, 0) is 0 Å². The Kier molecular flexibility index (Phi) is 1.95. The molecule has 0 saturated carbocycles. The zero-order chi connectivity index (χ0) is 9.42. The van der Waals surface area contributed by atoms with Crippen LogP contribution < -0.4 is 5.73 Å². The molecule has 0 spiro atoms. The average molecular weight is 196 g/mol. The van der Waals surface area contributed by atoms with Crippen LogP contribution in [-0.4, -0.2) is 29.4 Å². The summed E-state index contributed by atoms with van der Waals surface area (Å²) in [5.74, 6) is 0.609. The number of thiazole rings is 1. The standard InChI is InChI=1S/C8H12N4S/c1-5-4-13-7(11-5)6-3-10-8(9)12(6)2/h4,6H,3H2,1-2H3,(H2,9,10). The summed E-state index contributed by atoms with van der Waals surface area (Å²) in [7, 11) is 1.95. The van der Waals surface area contributed by atoms with Gasteiger partial charge in [-0.2, -0.15) is 0 Å². The molecule has 0 amide bonds. The number of hydrogen-bond donors (Lipinski definition) is 1. The van der Waals surface area contributed by atoms with Gasteiger partial charge >= 0.3 is 0 Å². The van der Waals surface area contributed by atoms with Crippen molar-refractivity contribution in [1.29, 1.82) is 0 Å². The SMILES string of the molecule is Cc1csc(C2CN=C(N)N2C)n1. The van der Waals surface area contributed by atoms with Gasteiger partial charge in [0.05, 0.1) is 6.54 Å². The zero-order valence-corrected chi connectivity index (χ0v) is 8.51. The van der Waals surface area contributed by atoms with Gasteiger partial charge in [-0.3, -0.25) is 4.99 Å². The third kappa shape index (κ3) is 1.39. The highest BCUT2D eigenvalue weighted by Gasteiger charge is 2.26. The second-order valence-electron chi connectivity index (χ2n) is 3.15. The van der Waals surface area contributed by atoms with E-state index in [-0.39, 0.29) is 6.04 Å². The van der Waals surface area contributed by atoms with Crippen molar-refractivity contribution < 1.29 is 0 Å². The lowest BCUT2D eigenvalue weighted by atomic mass is 10.3. The van der Waals surface area contributed by atoms with Crippen molar-refractivity contribution in [2.75, 3.05) is 13.6 Å². The third-order valence-electron chi connectivity index (χ3n) is 2.18. The molecular weight excluding hydrogens is 184 g/mol. The van der Waals surface area contributed by atoms with Crippen LogP contribution in [0, 0.1) is 6.92 Å². The predicted molar refractivity (Wildman–Crippen MR) is 53.8 cm³/mol. The van der Waals surface area contributed by atoms with Gasteiger partial charge in [0.15, 0.2) is 5.96 Å². The lowest BCUT2D eigenvalue weighted by molar-refractivity contribution is 0.412. The molecular formula is C8H12N4S. The molecule has 2 N–H and O–H groups in total. The summed E-state index contributed by atoms with van der Waals surface area (Å²) in [5.41, 5.74) is 6.73. The number of aromatic nitrogens is 1. The first kappa shape index (κ1) is 8.50. The fraction of sp³-hybridized carbons (Fsp3) is 0.500. The summed E-state index contributed by atoms with van der Waals surface area (Å²) >= 11 is 1.67. The van der Waals surface area contributed by atoms with Crippen molar-refractivity contribution in [2.24, 2.45) is 10.7 Å². The summed E-state index contributed by atoms with van der Waals surface area (Å²) in [6, 6.07) is 0.249. The van der Waals surface area contributed by atoms with Crippen LogP contribution in [0.3, 0.4) is 0 Å². The number of aryl methyl sites for hydroxylation is 1. The molecule has 70 valence electrons. The van der Waals surface area contributed by atoms with Crippen LogP contribution in [0.2, 0.25) is 0 Å². The number of hydrogen-bond acceptors (Lipinski definition) is 5. The highest BCUT2D eigenvalue weighted by atomic mass is 32.1. The largest absolute Gasteiger partial charge is 0.370 e. The minimum atomic E-state index is 0.249. The quantitative estimate of drug-likeness (QED) is 0.721. The first-order valence-corrected chi connectivity index (χ1v) is 5.01. The Morgan fingerprint density at radius 1 is 1.69 bits per heavy atom. The van der Waals surface area contributed by atoms with E-state index in [9.17, 15) is 0 Å². The van der Waals surface area contributed by atoms with Gasteiger partial charge in [-0.25, -0.2) is 4.98 Å². The number of nitrogens with zero attached hydrogens (tertiary/aromatic N) is 3. The maximum atomic E-state index is 5.67. The predicted octanol–water partition coefficient (Wildman–Crippen LogP) is 0.753. The van der Waals surface area contributed by atoms with Crippen molar-refractivity contribution in [3.8, 4) is 0 Å². The van der Waals surface area contributed by atoms with Crippen molar-refractivity contribution in [1.82, 2.24) is 9.88 Å². The van der Waals surface area contributed by atoms with Crippen LogP contribution in [0.5, 0.6) is 0 Å². The van der Waals surface area contributed by atoms with Gasteiger partial charge < -0.3 is 10.6 Å². The number of aliphatic imine (C=N–C) groups is 1. The number of rotatable bonds is 1. The topological polar surface area (TPSA) is 54.5 Å². The van der Waals surface area contributed by atoms with Crippen molar-refractivity contribution in [3.05, 3.63) is 16.1 Å². The van der Waals surface area contributed by atoms with Crippen molar-refractivity contribution in [2.45, 2.75) is 13.0 Å². The summed E-state index contributed by atoms with van der Waals surface area (Å²) < 4.78 is 0. The van der Waals surface area contributed by atoms with Crippen LogP contribution in [0.15, 0.2) is 10.4 Å². The van der Waals surface area contributed by atoms with E-state index >= 15 is 0 Å². The van der Waals surface area contributed by atoms with Gasteiger partial charge in [0.25, 0.3) is 0 Å². The van der Waals surface area contributed by atoms with E-state index in [4.69, 9.17) is 5.73 Å². The molecule has 2 heterocycles. The molecule has 1 aliphatic rings. The molecule has 1 aromatic rings. The molecule has 0 radical (unpaired) electrons. The van der Waals surface area contributed by atoms with E-state index < -0.39 is 0 Å². The molecule has 5 heteroatoms. The zero-order valence-electron chi connectivity index (χ0n) is 7.69. The molecule has 0 saturated heterocycles. The van der Waals surface area contributed by atoms with Gasteiger partial charge in [-0.05, 0) is 6.92 Å². The Morgan fingerprint density at radius 3 is 2.92 bits per heavy atom. The minimum absolute atomic E-state index is 0.249. The molecule has 1 unspecified atom stereocenters. The van der Waals surface area contributed by atoms with Gasteiger partial charge in [0, 0.05) is 18.1 Å². The monoisotopic (exact) mass is 196 g/mol. The molecule has 1 atom stereocenters. The molecule has 0 fully saturated rings. The van der Waals surface area contributed by atoms with Crippen LogP contribution in [0.25, 0.3) is 0 Å². The summed E-state index contributed by atoms with van der Waals surface area (Å²) in [6.45, 7) is 2.73. The molecule has 4 nitrogen and oxygen atoms in total. The van der Waals surface area contributed by atoms with Crippen LogP contribution in [0.1, 0.15) is 16.7 Å². The van der Waals surface area contributed by atoms with Crippen molar-refractivity contribution in [3.63, 3.8) is 0 Å². The van der Waals surface area contributed by atoms with Crippen LogP contribution in [0.4, 0.5) is 0 Å². The minimum Gasteiger partial charge on any atom is -0.370 e.